The third-order valence-corrected chi connectivity index (χ3v) is 4.04. The highest BCUT2D eigenvalue weighted by Gasteiger charge is 2.30. The minimum absolute atomic E-state index is 0.133. The van der Waals surface area contributed by atoms with E-state index in [2.05, 4.69) is 15.1 Å². The maximum Gasteiger partial charge on any atom is 0.318 e. The number of carbonyl (C=O) groups is 1. The maximum absolute atomic E-state index is 12.4. The smallest absolute Gasteiger partial charge is 0.318 e. The summed E-state index contributed by atoms with van der Waals surface area (Å²) in [6, 6.07) is 0.568. The first-order chi connectivity index (χ1) is 10.3. The fourth-order valence-electron chi connectivity index (χ4n) is 2.82. The van der Waals surface area contributed by atoms with Gasteiger partial charge in [0.15, 0.2) is 0 Å². The van der Waals surface area contributed by atoms with Crippen LogP contribution in [0.5, 0.6) is 0 Å². The Kier molecular flexibility index (Phi) is 4.38. The molecule has 7 nitrogen and oxygen atoms in total. The van der Waals surface area contributed by atoms with Crippen molar-refractivity contribution in [2.45, 2.75) is 38.7 Å². The van der Waals surface area contributed by atoms with Crippen LogP contribution in [0.1, 0.15) is 32.1 Å². The molecule has 3 heterocycles. The molecular weight excluding hydrogens is 272 g/mol. The van der Waals surface area contributed by atoms with Crippen molar-refractivity contribution in [3.05, 3.63) is 5.89 Å². The van der Waals surface area contributed by atoms with Crippen molar-refractivity contribution >= 4 is 11.9 Å². The average Bonchev–Trinajstić information content (AvgIpc) is 3.14. The minimum Gasteiger partial charge on any atom is -0.408 e. The summed E-state index contributed by atoms with van der Waals surface area (Å²) in [4.78, 5) is 16.4. The molecule has 7 heteroatoms. The average molecular weight is 294 g/mol. The minimum atomic E-state index is -0.230. The van der Waals surface area contributed by atoms with Gasteiger partial charge in [-0.25, -0.2) is 0 Å². The Morgan fingerprint density at radius 1 is 1.24 bits per heavy atom. The molecule has 2 aliphatic heterocycles. The van der Waals surface area contributed by atoms with E-state index in [-0.39, 0.29) is 12.0 Å². The predicted molar refractivity (Wildman–Crippen MR) is 76.1 cm³/mol. The summed E-state index contributed by atoms with van der Waals surface area (Å²) in [5.74, 6) is 0.788. The summed E-state index contributed by atoms with van der Waals surface area (Å²) in [6.45, 7) is 5.71. The number of anilines is 1. The maximum atomic E-state index is 12.4. The molecule has 2 fully saturated rings. The van der Waals surface area contributed by atoms with Gasteiger partial charge in [0, 0.05) is 39.2 Å². The quantitative estimate of drug-likeness (QED) is 0.823. The topological polar surface area (TPSA) is 71.7 Å². The third-order valence-electron chi connectivity index (χ3n) is 4.04. The van der Waals surface area contributed by atoms with E-state index in [1.807, 2.05) is 11.8 Å². The van der Waals surface area contributed by atoms with E-state index in [1.54, 1.807) is 0 Å². The van der Waals surface area contributed by atoms with Gasteiger partial charge in [-0.05, 0) is 19.3 Å². The zero-order valence-corrected chi connectivity index (χ0v) is 12.5. The standard InChI is InChI=1S/C14H22N4O3/c1-2-12-15-16-14(21-12)18-7-4-6-17(8-9-18)13(19)11-5-3-10-20-11/h11H,2-10H2,1H3/t11-/m1/s1. The van der Waals surface area contributed by atoms with E-state index in [1.165, 1.54) is 0 Å². The van der Waals surface area contributed by atoms with E-state index in [0.29, 0.717) is 25.1 Å². The third kappa shape index (κ3) is 3.18. The number of ether oxygens (including phenoxy) is 1. The molecule has 3 rings (SSSR count). The van der Waals surface area contributed by atoms with Gasteiger partial charge in [0.1, 0.15) is 6.10 Å². The SMILES string of the molecule is CCc1nnc(N2CCCN(C(=O)[C@H]3CCCO3)CC2)o1. The first-order valence-electron chi connectivity index (χ1n) is 7.75. The number of hydrogen-bond donors (Lipinski definition) is 0. The van der Waals surface area contributed by atoms with Crippen LogP contribution in [0.3, 0.4) is 0 Å². The van der Waals surface area contributed by atoms with Crippen molar-refractivity contribution in [1.29, 1.82) is 0 Å². The number of rotatable bonds is 3. The van der Waals surface area contributed by atoms with Crippen LogP contribution in [-0.2, 0) is 16.0 Å². The molecule has 2 aliphatic rings. The number of carbonyl (C=O) groups excluding carboxylic acids is 1. The van der Waals surface area contributed by atoms with Crippen LogP contribution >= 0.6 is 0 Å². The first-order valence-corrected chi connectivity index (χ1v) is 7.75. The molecule has 0 bridgehead atoms. The van der Waals surface area contributed by atoms with Gasteiger partial charge < -0.3 is 19.0 Å². The number of aryl methyl sites for hydroxylation is 1. The highest BCUT2D eigenvalue weighted by atomic mass is 16.5. The molecule has 0 aromatic carbocycles. The molecule has 1 amide bonds. The van der Waals surface area contributed by atoms with Gasteiger partial charge in [-0.3, -0.25) is 4.79 Å². The first kappa shape index (κ1) is 14.3. The molecule has 1 aromatic heterocycles. The summed E-state index contributed by atoms with van der Waals surface area (Å²) in [5, 5.41) is 8.08. The molecule has 0 N–H and O–H groups in total. The Bertz CT molecular complexity index is 484. The van der Waals surface area contributed by atoms with Crippen molar-refractivity contribution in [3.8, 4) is 0 Å². The van der Waals surface area contributed by atoms with E-state index in [4.69, 9.17) is 9.15 Å². The second-order valence-corrected chi connectivity index (χ2v) is 5.50. The van der Waals surface area contributed by atoms with E-state index >= 15 is 0 Å². The lowest BCUT2D eigenvalue weighted by molar-refractivity contribution is -0.140. The van der Waals surface area contributed by atoms with Crippen LogP contribution in [0.25, 0.3) is 0 Å². The fraction of sp³-hybridized carbons (Fsp3) is 0.786. The highest BCUT2D eigenvalue weighted by Crippen LogP contribution is 2.18. The van der Waals surface area contributed by atoms with Crippen molar-refractivity contribution in [1.82, 2.24) is 15.1 Å². The fourth-order valence-corrected chi connectivity index (χ4v) is 2.82. The Hall–Kier alpha value is -1.63. The summed E-state index contributed by atoms with van der Waals surface area (Å²) in [6.07, 6.45) is 3.25. The van der Waals surface area contributed by atoms with Crippen LogP contribution in [0.15, 0.2) is 4.42 Å². The second-order valence-electron chi connectivity index (χ2n) is 5.50. The lowest BCUT2D eigenvalue weighted by Gasteiger charge is -2.23. The van der Waals surface area contributed by atoms with Gasteiger partial charge >= 0.3 is 6.01 Å². The van der Waals surface area contributed by atoms with Gasteiger partial charge in [0.25, 0.3) is 5.91 Å². The number of aromatic nitrogens is 2. The Morgan fingerprint density at radius 2 is 2.14 bits per heavy atom. The van der Waals surface area contributed by atoms with Gasteiger partial charge in [-0.15, -0.1) is 5.10 Å². The van der Waals surface area contributed by atoms with Crippen LogP contribution in [0.4, 0.5) is 6.01 Å². The molecule has 116 valence electrons. The molecular formula is C14H22N4O3. The second kappa shape index (κ2) is 6.43. The lowest BCUT2D eigenvalue weighted by Crippen LogP contribution is -2.41. The molecule has 0 aliphatic carbocycles. The zero-order valence-electron chi connectivity index (χ0n) is 12.5. The molecule has 0 radical (unpaired) electrons. The summed E-state index contributed by atoms with van der Waals surface area (Å²) < 4.78 is 11.1. The zero-order chi connectivity index (χ0) is 14.7. The van der Waals surface area contributed by atoms with Gasteiger partial charge in [-0.2, -0.15) is 0 Å². The molecule has 0 unspecified atom stereocenters. The van der Waals surface area contributed by atoms with Gasteiger partial charge in [0.05, 0.1) is 0 Å². The van der Waals surface area contributed by atoms with Crippen molar-refractivity contribution in [3.63, 3.8) is 0 Å². The van der Waals surface area contributed by atoms with Gasteiger partial charge in [0.2, 0.25) is 5.89 Å². The number of hydrogen-bond acceptors (Lipinski definition) is 6. The molecule has 2 saturated heterocycles. The molecule has 1 aromatic rings. The lowest BCUT2D eigenvalue weighted by atomic mass is 10.2. The molecule has 0 spiro atoms. The van der Waals surface area contributed by atoms with E-state index in [0.717, 1.165) is 45.3 Å². The largest absolute Gasteiger partial charge is 0.408 e. The predicted octanol–water partition coefficient (Wildman–Crippen LogP) is 0.850. The summed E-state index contributed by atoms with van der Waals surface area (Å²) in [7, 11) is 0. The molecule has 0 saturated carbocycles. The summed E-state index contributed by atoms with van der Waals surface area (Å²) >= 11 is 0. The van der Waals surface area contributed by atoms with Gasteiger partial charge in [-0.1, -0.05) is 12.0 Å². The van der Waals surface area contributed by atoms with Crippen LogP contribution in [0, 0.1) is 0 Å². The van der Waals surface area contributed by atoms with Crippen LogP contribution < -0.4 is 4.90 Å². The monoisotopic (exact) mass is 294 g/mol. The van der Waals surface area contributed by atoms with Crippen molar-refractivity contribution in [2.24, 2.45) is 0 Å². The van der Waals surface area contributed by atoms with Crippen molar-refractivity contribution in [2.75, 3.05) is 37.7 Å². The Balaban J connectivity index is 1.59. The normalized spacial score (nSPS) is 23.4. The Labute approximate surface area is 124 Å². The van der Waals surface area contributed by atoms with E-state index in [9.17, 15) is 4.79 Å². The summed E-state index contributed by atoms with van der Waals surface area (Å²) in [5.41, 5.74) is 0. The molecule has 1 atom stereocenters. The highest BCUT2D eigenvalue weighted by molar-refractivity contribution is 5.81. The van der Waals surface area contributed by atoms with Crippen LogP contribution in [0.2, 0.25) is 0 Å². The number of amides is 1. The Morgan fingerprint density at radius 3 is 2.86 bits per heavy atom. The van der Waals surface area contributed by atoms with Crippen LogP contribution in [-0.4, -0.2) is 59.9 Å². The molecule has 21 heavy (non-hydrogen) atoms. The van der Waals surface area contributed by atoms with E-state index < -0.39 is 0 Å². The number of nitrogens with zero attached hydrogens (tertiary/aromatic N) is 4. The van der Waals surface area contributed by atoms with Crippen molar-refractivity contribution < 1.29 is 13.9 Å².